The van der Waals surface area contributed by atoms with Crippen LogP contribution in [-0.2, 0) is 4.74 Å². The van der Waals surface area contributed by atoms with E-state index in [1.54, 1.807) is 6.07 Å². The zero-order valence-electron chi connectivity index (χ0n) is 11.8. The number of nitrogens with zero attached hydrogens (tertiary/aromatic N) is 1. The molecule has 5 heteroatoms. The molecule has 1 aliphatic heterocycles. The Morgan fingerprint density at radius 3 is 2.80 bits per heavy atom. The minimum absolute atomic E-state index is 0.0374. The Kier molecular flexibility index (Phi) is 4.98. The van der Waals surface area contributed by atoms with Crippen LogP contribution < -0.4 is 5.73 Å². The van der Waals surface area contributed by atoms with Gasteiger partial charge >= 0.3 is 0 Å². The van der Waals surface area contributed by atoms with Crippen molar-refractivity contribution in [1.29, 1.82) is 0 Å². The van der Waals surface area contributed by atoms with Gasteiger partial charge in [0.2, 0.25) is 0 Å². The van der Waals surface area contributed by atoms with E-state index in [0.29, 0.717) is 30.9 Å². The molecule has 1 aromatic carbocycles. The first kappa shape index (κ1) is 14.8. The van der Waals surface area contributed by atoms with Gasteiger partial charge in [-0.05, 0) is 37.5 Å². The zero-order valence-corrected chi connectivity index (χ0v) is 11.8. The van der Waals surface area contributed by atoms with Crippen molar-refractivity contribution in [3.8, 4) is 0 Å². The second-order valence-corrected chi connectivity index (χ2v) is 5.11. The fraction of sp³-hybridized carbons (Fsp3) is 0.533. The molecule has 0 bridgehead atoms. The topological polar surface area (TPSA) is 75.8 Å². The van der Waals surface area contributed by atoms with Gasteiger partial charge in [-0.1, -0.05) is 6.07 Å². The minimum Gasteiger partial charge on any atom is -0.398 e. The van der Waals surface area contributed by atoms with Crippen LogP contribution in [0, 0.1) is 6.92 Å². The first-order chi connectivity index (χ1) is 9.63. The summed E-state index contributed by atoms with van der Waals surface area (Å²) in [5.74, 6) is 0.0374. The predicted molar refractivity (Wildman–Crippen MR) is 77.6 cm³/mol. The van der Waals surface area contributed by atoms with Gasteiger partial charge in [0.1, 0.15) is 0 Å². The number of hydrogen-bond acceptors (Lipinski definition) is 4. The summed E-state index contributed by atoms with van der Waals surface area (Å²) in [5, 5.41) is 8.74. The fourth-order valence-corrected chi connectivity index (χ4v) is 2.50. The lowest BCUT2D eigenvalue weighted by molar-refractivity contribution is -0.00555. The summed E-state index contributed by atoms with van der Waals surface area (Å²) in [6.45, 7) is 3.65. The van der Waals surface area contributed by atoms with E-state index in [4.69, 9.17) is 15.6 Å². The van der Waals surface area contributed by atoms with Gasteiger partial charge in [0.05, 0.1) is 19.3 Å². The van der Waals surface area contributed by atoms with Gasteiger partial charge in [-0.25, -0.2) is 0 Å². The number of piperidine rings is 1. The molecule has 1 saturated heterocycles. The van der Waals surface area contributed by atoms with E-state index in [-0.39, 0.29) is 18.6 Å². The van der Waals surface area contributed by atoms with Crippen molar-refractivity contribution in [1.82, 2.24) is 4.90 Å². The number of rotatable bonds is 4. The van der Waals surface area contributed by atoms with E-state index in [9.17, 15) is 4.79 Å². The molecule has 2 rings (SSSR count). The van der Waals surface area contributed by atoms with Crippen LogP contribution in [0.1, 0.15) is 28.8 Å². The lowest BCUT2D eigenvalue weighted by atomic mass is 10.0. The molecule has 1 aromatic rings. The molecular weight excluding hydrogens is 256 g/mol. The van der Waals surface area contributed by atoms with Crippen LogP contribution in [0.2, 0.25) is 0 Å². The normalized spacial score (nSPS) is 16.4. The molecule has 3 N–H and O–H groups in total. The Balaban J connectivity index is 1.96. The highest BCUT2D eigenvalue weighted by Crippen LogP contribution is 2.20. The maximum atomic E-state index is 12.5. The van der Waals surface area contributed by atoms with E-state index in [0.717, 1.165) is 18.4 Å². The number of hydrogen-bond donors (Lipinski definition) is 2. The molecular formula is C15H22N2O3. The number of nitrogen functional groups attached to an aromatic ring is 1. The van der Waals surface area contributed by atoms with E-state index < -0.39 is 0 Å². The molecule has 0 aliphatic carbocycles. The first-order valence-electron chi connectivity index (χ1n) is 7.00. The largest absolute Gasteiger partial charge is 0.398 e. The van der Waals surface area contributed by atoms with Crippen molar-refractivity contribution < 1.29 is 14.6 Å². The van der Waals surface area contributed by atoms with Crippen LogP contribution in [0.15, 0.2) is 18.2 Å². The molecule has 5 nitrogen and oxygen atoms in total. The van der Waals surface area contributed by atoms with Crippen molar-refractivity contribution in [3.63, 3.8) is 0 Å². The van der Waals surface area contributed by atoms with E-state index >= 15 is 0 Å². The summed E-state index contributed by atoms with van der Waals surface area (Å²) in [6.07, 6.45) is 1.77. The number of carbonyl (C=O) groups excluding carboxylic acids is 1. The maximum Gasteiger partial charge on any atom is 0.254 e. The molecule has 0 atom stereocenters. The summed E-state index contributed by atoms with van der Waals surface area (Å²) >= 11 is 0. The number of ether oxygens (including phenoxy) is 1. The van der Waals surface area contributed by atoms with Gasteiger partial charge < -0.3 is 20.5 Å². The van der Waals surface area contributed by atoms with Crippen molar-refractivity contribution >= 4 is 11.6 Å². The summed E-state index contributed by atoms with van der Waals surface area (Å²) < 4.78 is 5.50. The summed E-state index contributed by atoms with van der Waals surface area (Å²) in [4.78, 5) is 14.3. The third-order valence-electron chi connectivity index (χ3n) is 3.78. The van der Waals surface area contributed by atoms with Crippen molar-refractivity contribution in [3.05, 3.63) is 29.3 Å². The summed E-state index contributed by atoms with van der Waals surface area (Å²) in [5.41, 5.74) is 8.02. The van der Waals surface area contributed by atoms with Gasteiger partial charge in [0.25, 0.3) is 5.91 Å². The molecule has 1 heterocycles. The highest BCUT2D eigenvalue weighted by atomic mass is 16.5. The van der Waals surface area contributed by atoms with E-state index in [1.807, 2.05) is 24.0 Å². The highest BCUT2D eigenvalue weighted by Gasteiger charge is 2.24. The molecule has 0 unspecified atom stereocenters. The second kappa shape index (κ2) is 6.72. The van der Waals surface area contributed by atoms with Crippen LogP contribution in [0.25, 0.3) is 0 Å². The van der Waals surface area contributed by atoms with Crippen LogP contribution in [0.5, 0.6) is 0 Å². The Morgan fingerprint density at radius 2 is 2.15 bits per heavy atom. The Labute approximate surface area is 119 Å². The van der Waals surface area contributed by atoms with Crippen molar-refractivity contribution in [2.75, 3.05) is 32.0 Å². The third kappa shape index (κ3) is 3.29. The smallest absolute Gasteiger partial charge is 0.254 e. The number of benzene rings is 1. The highest BCUT2D eigenvalue weighted by molar-refractivity contribution is 5.96. The molecule has 0 aromatic heterocycles. The van der Waals surface area contributed by atoms with Crippen molar-refractivity contribution in [2.24, 2.45) is 0 Å². The zero-order chi connectivity index (χ0) is 14.5. The molecule has 1 amide bonds. The molecule has 0 spiro atoms. The van der Waals surface area contributed by atoms with Crippen LogP contribution in [0.3, 0.4) is 0 Å². The van der Waals surface area contributed by atoms with Gasteiger partial charge in [0.15, 0.2) is 0 Å². The minimum atomic E-state index is 0.0374. The van der Waals surface area contributed by atoms with Gasteiger partial charge in [0, 0.05) is 24.3 Å². The molecule has 20 heavy (non-hydrogen) atoms. The predicted octanol–water partition coefficient (Wildman–Crippen LogP) is 1.19. The molecule has 0 radical (unpaired) electrons. The van der Waals surface area contributed by atoms with Crippen LogP contribution in [-0.4, -0.2) is 48.3 Å². The monoisotopic (exact) mass is 278 g/mol. The third-order valence-corrected chi connectivity index (χ3v) is 3.78. The summed E-state index contributed by atoms with van der Waals surface area (Å²) in [6, 6.07) is 5.44. The van der Waals surface area contributed by atoms with E-state index in [1.165, 1.54) is 0 Å². The average molecular weight is 278 g/mol. The second-order valence-electron chi connectivity index (χ2n) is 5.11. The lowest BCUT2D eigenvalue weighted by Gasteiger charge is -2.32. The summed E-state index contributed by atoms with van der Waals surface area (Å²) in [7, 11) is 0. The van der Waals surface area contributed by atoms with Gasteiger partial charge in [-0.2, -0.15) is 0 Å². The van der Waals surface area contributed by atoms with Crippen LogP contribution in [0.4, 0.5) is 5.69 Å². The van der Waals surface area contributed by atoms with Crippen LogP contribution >= 0.6 is 0 Å². The number of carbonyl (C=O) groups is 1. The Bertz CT molecular complexity index is 468. The number of amides is 1. The lowest BCUT2D eigenvalue weighted by Crippen LogP contribution is -2.41. The number of likely N-dealkylation sites (tertiary alicyclic amines) is 1. The maximum absolute atomic E-state index is 12.5. The number of aliphatic hydroxyl groups is 1. The average Bonchev–Trinajstić information content (AvgIpc) is 2.48. The number of aliphatic hydroxyl groups excluding tert-OH is 1. The molecule has 1 fully saturated rings. The Hall–Kier alpha value is -1.59. The standard InChI is InChI=1S/C15H22N2O3/c1-11-13(3-2-4-14(11)16)15(19)17-7-5-12(6-8-17)20-10-9-18/h2-4,12,18H,5-10,16H2,1H3. The number of nitrogens with two attached hydrogens (primary N) is 1. The van der Waals surface area contributed by atoms with Gasteiger partial charge in [-0.15, -0.1) is 0 Å². The molecule has 110 valence electrons. The molecule has 1 aliphatic rings. The Morgan fingerprint density at radius 1 is 1.45 bits per heavy atom. The fourth-order valence-electron chi connectivity index (χ4n) is 2.50. The quantitative estimate of drug-likeness (QED) is 0.811. The SMILES string of the molecule is Cc1c(N)cccc1C(=O)N1CCC(OCCO)CC1. The molecule has 0 saturated carbocycles. The van der Waals surface area contributed by atoms with Crippen molar-refractivity contribution in [2.45, 2.75) is 25.9 Å². The first-order valence-corrected chi connectivity index (χ1v) is 7.00. The van der Waals surface area contributed by atoms with Gasteiger partial charge in [-0.3, -0.25) is 4.79 Å². The van der Waals surface area contributed by atoms with E-state index in [2.05, 4.69) is 0 Å². The number of anilines is 1.